The molecule has 7 heteroatoms. The predicted octanol–water partition coefficient (Wildman–Crippen LogP) is 4.51. The summed E-state index contributed by atoms with van der Waals surface area (Å²) in [5.41, 5.74) is 13.5. The van der Waals surface area contributed by atoms with E-state index >= 15 is 0 Å². The number of likely N-dealkylation sites (N-methyl/N-ethyl adjacent to an activating group) is 1. The minimum Gasteiger partial charge on any atom is -0.496 e. The molecular formula is C28H32N6O. The molecule has 1 saturated heterocycles. The highest BCUT2D eigenvalue weighted by atomic mass is 16.5. The van der Waals surface area contributed by atoms with Crippen molar-refractivity contribution in [2.45, 2.75) is 13.3 Å². The Balaban J connectivity index is 1.59. The lowest BCUT2D eigenvalue weighted by Crippen LogP contribution is -2.44. The highest BCUT2D eigenvalue weighted by Crippen LogP contribution is 2.40. The van der Waals surface area contributed by atoms with E-state index in [1.807, 2.05) is 29.2 Å². The maximum absolute atomic E-state index is 6.17. The van der Waals surface area contributed by atoms with Crippen LogP contribution in [0.15, 0.2) is 67.0 Å². The van der Waals surface area contributed by atoms with Gasteiger partial charge in [-0.1, -0.05) is 19.1 Å². The van der Waals surface area contributed by atoms with Gasteiger partial charge >= 0.3 is 0 Å². The Morgan fingerprint density at radius 3 is 2.51 bits per heavy atom. The fourth-order valence-electron chi connectivity index (χ4n) is 4.68. The molecule has 0 spiro atoms. The smallest absolute Gasteiger partial charge is 0.128 e. The third-order valence-electron chi connectivity index (χ3n) is 6.75. The van der Waals surface area contributed by atoms with Gasteiger partial charge in [0.2, 0.25) is 0 Å². The third-order valence-corrected chi connectivity index (χ3v) is 6.75. The third kappa shape index (κ3) is 4.59. The number of piperazine rings is 1. The number of methoxy groups -OCH3 is 1. The van der Waals surface area contributed by atoms with Crippen molar-refractivity contribution in [3.8, 4) is 33.8 Å². The molecule has 2 aromatic heterocycles. The van der Waals surface area contributed by atoms with E-state index in [9.17, 15) is 0 Å². The van der Waals surface area contributed by atoms with Crippen molar-refractivity contribution in [2.75, 3.05) is 51.0 Å². The topological polar surface area (TPSA) is 72.4 Å². The van der Waals surface area contributed by atoms with Crippen LogP contribution in [0.1, 0.15) is 12.5 Å². The molecule has 1 aliphatic heterocycles. The van der Waals surface area contributed by atoms with Crippen LogP contribution >= 0.6 is 0 Å². The first-order valence-corrected chi connectivity index (χ1v) is 12.1. The largest absolute Gasteiger partial charge is 0.496 e. The molecule has 0 radical (unpaired) electrons. The van der Waals surface area contributed by atoms with Gasteiger partial charge in [0.05, 0.1) is 24.7 Å². The van der Waals surface area contributed by atoms with Gasteiger partial charge in [-0.2, -0.15) is 5.10 Å². The lowest BCUT2D eigenvalue weighted by molar-refractivity contribution is 0.312. The molecule has 1 aliphatic rings. The highest BCUT2D eigenvalue weighted by molar-refractivity contribution is 5.87. The van der Waals surface area contributed by atoms with Crippen LogP contribution < -0.4 is 15.4 Å². The first-order chi connectivity index (χ1) is 17.1. The van der Waals surface area contributed by atoms with Crippen molar-refractivity contribution in [3.05, 3.63) is 72.6 Å². The number of hydrogen-bond donors (Lipinski definition) is 1. The monoisotopic (exact) mass is 468 g/mol. The van der Waals surface area contributed by atoms with Crippen LogP contribution in [0.2, 0.25) is 0 Å². The van der Waals surface area contributed by atoms with Gasteiger partial charge in [-0.3, -0.25) is 0 Å². The Morgan fingerprint density at radius 2 is 1.74 bits per heavy atom. The second-order valence-corrected chi connectivity index (χ2v) is 8.98. The highest BCUT2D eigenvalue weighted by Gasteiger charge is 2.20. The number of hydrogen-bond acceptors (Lipinski definition) is 6. The van der Waals surface area contributed by atoms with Crippen molar-refractivity contribution in [3.63, 3.8) is 0 Å². The second kappa shape index (κ2) is 9.80. The van der Waals surface area contributed by atoms with Crippen LogP contribution in [-0.2, 0) is 6.42 Å². The zero-order chi connectivity index (χ0) is 24.4. The molecule has 2 aromatic carbocycles. The van der Waals surface area contributed by atoms with Gasteiger partial charge in [-0.25, -0.2) is 9.67 Å². The molecule has 1 fully saturated rings. The average molecular weight is 469 g/mol. The number of nitrogen functional groups attached to an aromatic ring is 1. The van der Waals surface area contributed by atoms with E-state index in [4.69, 9.17) is 10.5 Å². The quantitative estimate of drug-likeness (QED) is 0.449. The van der Waals surface area contributed by atoms with E-state index < -0.39 is 0 Å². The molecule has 180 valence electrons. The fraction of sp³-hybridized carbons (Fsp3) is 0.286. The van der Waals surface area contributed by atoms with Crippen LogP contribution in [0.25, 0.3) is 28.1 Å². The summed E-state index contributed by atoms with van der Waals surface area (Å²) < 4.78 is 7.84. The molecule has 0 unspecified atom stereocenters. The van der Waals surface area contributed by atoms with E-state index in [1.54, 1.807) is 7.11 Å². The maximum atomic E-state index is 6.17. The number of ether oxygens (including phenoxy) is 1. The first-order valence-electron chi connectivity index (χ1n) is 12.1. The summed E-state index contributed by atoms with van der Waals surface area (Å²) in [6.07, 6.45) is 4.62. The van der Waals surface area contributed by atoms with Gasteiger partial charge in [0.1, 0.15) is 11.6 Å². The minimum absolute atomic E-state index is 0.465. The van der Waals surface area contributed by atoms with E-state index in [-0.39, 0.29) is 0 Å². The first kappa shape index (κ1) is 22.9. The number of benzene rings is 2. The fourth-order valence-corrected chi connectivity index (χ4v) is 4.68. The van der Waals surface area contributed by atoms with Gasteiger partial charge in [0, 0.05) is 60.8 Å². The second-order valence-electron chi connectivity index (χ2n) is 8.98. The van der Waals surface area contributed by atoms with Gasteiger partial charge in [0.15, 0.2) is 0 Å². The van der Waals surface area contributed by atoms with Crippen molar-refractivity contribution in [2.24, 2.45) is 0 Å². The van der Waals surface area contributed by atoms with E-state index in [1.165, 1.54) is 11.3 Å². The molecule has 0 amide bonds. The number of rotatable bonds is 6. The number of pyridine rings is 1. The number of nitrogens with zero attached hydrogens (tertiary/aromatic N) is 5. The summed E-state index contributed by atoms with van der Waals surface area (Å²) >= 11 is 0. The molecule has 0 saturated carbocycles. The van der Waals surface area contributed by atoms with E-state index in [0.29, 0.717) is 5.82 Å². The average Bonchev–Trinajstić information content (AvgIpc) is 3.39. The molecule has 7 nitrogen and oxygen atoms in total. The molecule has 0 bridgehead atoms. The molecule has 5 rings (SSSR count). The Bertz CT molecular complexity index is 1320. The molecular weight excluding hydrogens is 436 g/mol. The Hall–Kier alpha value is -3.84. The number of aromatic nitrogens is 3. The zero-order valence-electron chi connectivity index (χ0n) is 20.6. The minimum atomic E-state index is 0.465. The number of aryl methyl sites for hydroxylation is 1. The lowest BCUT2D eigenvalue weighted by atomic mass is 9.98. The molecule has 0 atom stereocenters. The normalized spacial score (nSPS) is 14.3. The summed E-state index contributed by atoms with van der Waals surface area (Å²) in [7, 11) is 3.89. The van der Waals surface area contributed by atoms with Crippen LogP contribution in [0.3, 0.4) is 0 Å². The predicted molar refractivity (Wildman–Crippen MR) is 142 cm³/mol. The molecule has 3 heterocycles. The number of anilines is 2. The van der Waals surface area contributed by atoms with E-state index in [2.05, 4.69) is 76.3 Å². The lowest BCUT2D eigenvalue weighted by Gasteiger charge is -2.34. The summed E-state index contributed by atoms with van der Waals surface area (Å²) in [6, 6.07) is 18.8. The van der Waals surface area contributed by atoms with Crippen LogP contribution in [0.4, 0.5) is 11.5 Å². The Morgan fingerprint density at radius 1 is 0.914 bits per heavy atom. The summed E-state index contributed by atoms with van der Waals surface area (Å²) in [4.78, 5) is 9.19. The van der Waals surface area contributed by atoms with Crippen LogP contribution in [-0.4, -0.2) is 60.0 Å². The molecule has 35 heavy (non-hydrogen) atoms. The van der Waals surface area contributed by atoms with Crippen molar-refractivity contribution in [1.82, 2.24) is 19.7 Å². The Labute approximate surface area is 206 Å². The van der Waals surface area contributed by atoms with E-state index in [0.717, 1.165) is 66.4 Å². The number of nitrogens with two attached hydrogens (primary N) is 1. The molecule has 0 aliphatic carbocycles. The van der Waals surface area contributed by atoms with Crippen LogP contribution in [0.5, 0.6) is 5.75 Å². The van der Waals surface area contributed by atoms with Gasteiger partial charge < -0.3 is 20.3 Å². The van der Waals surface area contributed by atoms with Gasteiger partial charge in [0.25, 0.3) is 0 Å². The molecule has 2 N–H and O–H groups in total. The summed E-state index contributed by atoms with van der Waals surface area (Å²) in [5.74, 6) is 1.28. The zero-order valence-corrected chi connectivity index (χ0v) is 20.6. The van der Waals surface area contributed by atoms with Crippen molar-refractivity contribution >= 4 is 11.5 Å². The van der Waals surface area contributed by atoms with Gasteiger partial charge in [-0.05, 0) is 55.4 Å². The summed E-state index contributed by atoms with van der Waals surface area (Å²) in [6.45, 7) is 6.27. The molecule has 4 aromatic rings. The maximum Gasteiger partial charge on any atom is 0.128 e. The standard InChI is InChI=1S/C28H32N6O/c1-4-20-6-5-7-22(16-20)34-26(10-11-31-34)24-18-28(29)30-19-25(24)23-9-8-21(17-27(23)35-3)33-14-12-32(2)13-15-33/h5-11,16-19H,4,12-15H2,1-3H3,(H2,29,30). The van der Waals surface area contributed by atoms with Crippen molar-refractivity contribution < 1.29 is 4.74 Å². The van der Waals surface area contributed by atoms with Crippen LogP contribution in [0, 0.1) is 0 Å². The van der Waals surface area contributed by atoms with Crippen molar-refractivity contribution in [1.29, 1.82) is 0 Å². The Kier molecular flexibility index (Phi) is 6.42. The van der Waals surface area contributed by atoms with Gasteiger partial charge in [-0.15, -0.1) is 0 Å². The SMILES string of the molecule is CCc1cccc(-n2nccc2-c2cc(N)ncc2-c2ccc(N3CCN(C)CC3)cc2OC)c1. The summed E-state index contributed by atoms with van der Waals surface area (Å²) in [5, 5.41) is 4.64.